The van der Waals surface area contributed by atoms with E-state index in [1.807, 2.05) is 0 Å². The minimum atomic E-state index is 0.188. The molecule has 2 nitrogen and oxygen atoms in total. The van der Waals surface area contributed by atoms with Gasteiger partial charge in [-0.2, -0.15) is 0 Å². The Balaban J connectivity index is 2.08. The highest BCUT2D eigenvalue weighted by molar-refractivity contribution is 5.79. The molecule has 0 spiro atoms. The Kier molecular flexibility index (Phi) is 6.45. The number of hydrogen-bond donors (Lipinski definition) is 0. The normalized spacial score (nSPS) is 37.2. The minimum absolute atomic E-state index is 0.188. The predicted octanol–water partition coefficient (Wildman–Crippen LogP) is 5.46. The molecule has 6 atom stereocenters. The van der Waals surface area contributed by atoms with Gasteiger partial charge in [0.15, 0.2) is 0 Å². The maximum Gasteiger partial charge on any atom is 0.133 e. The van der Waals surface area contributed by atoms with Crippen molar-refractivity contribution in [1.82, 2.24) is 0 Å². The highest BCUT2D eigenvalue weighted by Gasteiger charge is 2.41. The number of carbonyl (C=O) groups excluding carboxylic acids is 2. The molecule has 24 heavy (non-hydrogen) atoms. The first-order valence-electron chi connectivity index (χ1n) is 9.88. The SMILES string of the molecule is C=C(C)C1CC(C2CCC(C(C)=O)C(C(C)C)C2)CCC1C(C)=O. The molecule has 2 aliphatic rings. The van der Waals surface area contributed by atoms with Crippen LogP contribution in [0.5, 0.6) is 0 Å². The Bertz CT molecular complexity index is 490. The molecular formula is C22H36O2. The Labute approximate surface area is 148 Å². The van der Waals surface area contributed by atoms with E-state index in [-0.39, 0.29) is 11.8 Å². The van der Waals surface area contributed by atoms with Gasteiger partial charge in [-0.25, -0.2) is 0 Å². The molecule has 2 rings (SSSR count). The highest BCUT2D eigenvalue weighted by Crippen LogP contribution is 2.48. The van der Waals surface area contributed by atoms with Crippen molar-refractivity contribution in [2.24, 2.45) is 41.4 Å². The van der Waals surface area contributed by atoms with Crippen molar-refractivity contribution in [3.63, 3.8) is 0 Å². The quantitative estimate of drug-likeness (QED) is 0.626. The number of carbonyl (C=O) groups is 2. The van der Waals surface area contributed by atoms with Crippen LogP contribution in [0, 0.1) is 41.4 Å². The van der Waals surface area contributed by atoms with Crippen molar-refractivity contribution in [2.45, 2.75) is 73.1 Å². The summed E-state index contributed by atoms with van der Waals surface area (Å²) in [6.45, 7) is 14.3. The summed E-state index contributed by atoms with van der Waals surface area (Å²) in [6.07, 6.45) is 6.77. The van der Waals surface area contributed by atoms with Crippen LogP contribution >= 0.6 is 0 Å². The van der Waals surface area contributed by atoms with Crippen molar-refractivity contribution in [3.05, 3.63) is 12.2 Å². The van der Waals surface area contributed by atoms with E-state index in [4.69, 9.17) is 0 Å². The van der Waals surface area contributed by atoms with Crippen LogP contribution in [0.2, 0.25) is 0 Å². The van der Waals surface area contributed by atoms with Gasteiger partial charge in [0.05, 0.1) is 0 Å². The van der Waals surface area contributed by atoms with Crippen LogP contribution in [0.25, 0.3) is 0 Å². The fourth-order valence-corrected chi connectivity index (χ4v) is 5.57. The minimum Gasteiger partial charge on any atom is -0.300 e. The third kappa shape index (κ3) is 4.18. The molecule has 0 amide bonds. The molecule has 0 aliphatic heterocycles. The second kappa shape index (κ2) is 7.97. The zero-order valence-corrected chi connectivity index (χ0v) is 16.3. The molecule has 2 fully saturated rings. The molecule has 0 heterocycles. The lowest BCUT2D eigenvalue weighted by Crippen LogP contribution is -2.38. The van der Waals surface area contributed by atoms with Gasteiger partial charge < -0.3 is 0 Å². The summed E-state index contributed by atoms with van der Waals surface area (Å²) in [5.41, 5.74) is 1.18. The first-order valence-corrected chi connectivity index (χ1v) is 9.88. The molecule has 2 saturated carbocycles. The largest absolute Gasteiger partial charge is 0.300 e. The lowest BCUT2D eigenvalue weighted by atomic mass is 9.60. The lowest BCUT2D eigenvalue weighted by Gasteiger charge is -2.44. The molecule has 0 radical (unpaired) electrons. The van der Waals surface area contributed by atoms with Gasteiger partial charge in [0, 0.05) is 11.8 Å². The van der Waals surface area contributed by atoms with Gasteiger partial charge in [-0.05, 0) is 88.9 Å². The van der Waals surface area contributed by atoms with Gasteiger partial charge >= 0.3 is 0 Å². The van der Waals surface area contributed by atoms with Gasteiger partial charge in [-0.3, -0.25) is 9.59 Å². The monoisotopic (exact) mass is 332 g/mol. The van der Waals surface area contributed by atoms with E-state index in [9.17, 15) is 9.59 Å². The van der Waals surface area contributed by atoms with E-state index >= 15 is 0 Å². The molecule has 0 saturated heterocycles. The zero-order valence-electron chi connectivity index (χ0n) is 16.3. The molecule has 0 bridgehead atoms. The summed E-state index contributed by atoms with van der Waals surface area (Å²) in [7, 11) is 0. The summed E-state index contributed by atoms with van der Waals surface area (Å²) < 4.78 is 0. The molecule has 0 aromatic rings. The molecule has 6 unspecified atom stereocenters. The molecule has 0 N–H and O–H groups in total. The van der Waals surface area contributed by atoms with Crippen molar-refractivity contribution in [3.8, 4) is 0 Å². The second-order valence-electron chi connectivity index (χ2n) is 8.94. The smallest absolute Gasteiger partial charge is 0.133 e. The molecule has 2 aliphatic carbocycles. The van der Waals surface area contributed by atoms with Crippen molar-refractivity contribution in [2.75, 3.05) is 0 Å². The number of rotatable bonds is 5. The molecule has 2 heteroatoms. The topological polar surface area (TPSA) is 34.1 Å². The Morgan fingerprint density at radius 1 is 0.792 bits per heavy atom. The third-order valence-corrected chi connectivity index (χ3v) is 7.03. The van der Waals surface area contributed by atoms with Crippen molar-refractivity contribution < 1.29 is 9.59 Å². The third-order valence-electron chi connectivity index (χ3n) is 7.03. The van der Waals surface area contributed by atoms with Gasteiger partial charge in [-0.15, -0.1) is 0 Å². The fourth-order valence-electron chi connectivity index (χ4n) is 5.57. The summed E-state index contributed by atoms with van der Waals surface area (Å²) in [5.74, 6) is 4.08. The van der Waals surface area contributed by atoms with Crippen molar-refractivity contribution in [1.29, 1.82) is 0 Å². The number of hydrogen-bond acceptors (Lipinski definition) is 2. The van der Waals surface area contributed by atoms with Crippen LogP contribution in [0.4, 0.5) is 0 Å². The maximum atomic E-state index is 12.0. The molecule has 0 aromatic heterocycles. The van der Waals surface area contributed by atoms with Crippen LogP contribution in [0.15, 0.2) is 12.2 Å². The number of Topliss-reactive ketones (excluding diaryl/α,β-unsaturated/α-hetero) is 2. The molecule has 136 valence electrons. The first kappa shape index (κ1) is 19.4. The molecular weight excluding hydrogens is 296 g/mol. The van der Waals surface area contributed by atoms with E-state index in [0.717, 1.165) is 25.2 Å². The standard InChI is InChI=1S/C22H36O2/c1-13(2)21-11-17(7-9-19(21)15(5)23)18-8-10-20(16(6)24)22(12-18)14(3)4/h14,17-22H,1,7-12H2,2-6H3. The summed E-state index contributed by atoms with van der Waals surface area (Å²) in [5, 5.41) is 0. The van der Waals surface area contributed by atoms with Crippen LogP contribution in [0.1, 0.15) is 73.1 Å². The van der Waals surface area contributed by atoms with E-state index < -0.39 is 0 Å². The highest BCUT2D eigenvalue weighted by atomic mass is 16.1. The van der Waals surface area contributed by atoms with Crippen molar-refractivity contribution >= 4 is 11.6 Å². The van der Waals surface area contributed by atoms with Gasteiger partial charge in [0.2, 0.25) is 0 Å². The first-order chi connectivity index (χ1) is 11.2. The average molecular weight is 333 g/mol. The van der Waals surface area contributed by atoms with E-state index in [1.54, 1.807) is 13.8 Å². The average Bonchev–Trinajstić information content (AvgIpc) is 2.53. The number of ketones is 2. The van der Waals surface area contributed by atoms with E-state index in [2.05, 4.69) is 27.4 Å². The Morgan fingerprint density at radius 2 is 1.29 bits per heavy atom. The Morgan fingerprint density at radius 3 is 1.75 bits per heavy atom. The zero-order chi connectivity index (χ0) is 18.0. The van der Waals surface area contributed by atoms with Gasteiger partial charge in [-0.1, -0.05) is 26.0 Å². The predicted molar refractivity (Wildman–Crippen MR) is 99.7 cm³/mol. The van der Waals surface area contributed by atoms with Crippen LogP contribution < -0.4 is 0 Å². The Hall–Kier alpha value is -0.920. The number of allylic oxidation sites excluding steroid dienone is 1. The maximum absolute atomic E-state index is 12.0. The van der Waals surface area contributed by atoms with Gasteiger partial charge in [0.25, 0.3) is 0 Å². The van der Waals surface area contributed by atoms with Gasteiger partial charge in [0.1, 0.15) is 11.6 Å². The van der Waals surface area contributed by atoms with Crippen LogP contribution in [-0.4, -0.2) is 11.6 Å². The summed E-state index contributed by atoms with van der Waals surface area (Å²) in [4.78, 5) is 24.0. The summed E-state index contributed by atoms with van der Waals surface area (Å²) >= 11 is 0. The van der Waals surface area contributed by atoms with E-state index in [1.165, 1.54) is 24.8 Å². The second-order valence-corrected chi connectivity index (χ2v) is 8.94. The fraction of sp³-hybridized carbons (Fsp3) is 0.818. The lowest BCUT2D eigenvalue weighted by molar-refractivity contribution is -0.126. The van der Waals surface area contributed by atoms with Crippen LogP contribution in [0.3, 0.4) is 0 Å². The summed E-state index contributed by atoms with van der Waals surface area (Å²) in [6, 6.07) is 0. The molecule has 0 aromatic carbocycles. The van der Waals surface area contributed by atoms with E-state index in [0.29, 0.717) is 35.2 Å². The van der Waals surface area contributed by atoms with Crippen LogP contribution in [-0.2, 0) is 9.59 Å².